The topological polar surface area (TPSA) is 102 Å². The minimum absolute atomic E-state index is 0.129. The predicted octanol–water partition coefficient (Wildman–Crippen LogP) is 3.35. The summed E-state index contributed by atoms with van der Waals surface area (Å²) < 4.78 is 6.27. The molecule has 0 bridgehead atoms. The second-order valence-corrected chi connectivity index (χ2v) is 7.29. The maximum atomic E-state index is 12.6. The van der Waals surface area contributed by atoms with Crippen LogP contribution in [0.3, 0.4) is 0 Å². The van der Waals surface area contributed by atoms with Crippen LogP contribution in [0, 0.1) is 6.92 Å². The number of ether oxygens (including phenoxy) is 1. The van der Waals surface area contributed by atoms with E-state index in [-0.39, 0.29) is 23.9 Å². The van der Waals surface area contributed by atoms with Crippen LogP contribution in [0.15, 0.2) is 48.5 Å². The number of carbonyl (C=O) groups is 3. The zero-order valence-corrected chi connectivity index (χ0v) is 18.0. The summed E-state index contributed by atoms with van der Waals surface area (Å²) in [5, 5.41) is 10.1. The van der Waals surface area contributed by atoms with Crippen LogP contribution in [0.5, 0.6) is 0 Å². The van der Waals surface area contributed by atoms with Crippen LogP contribution < -0.4 is 10.6 Å². The van der Waals surface area contributed by atoms with Crippen LogP contribution in [-0.2, 0) is 18.3 Å². The van der Waals surface area contributed by atoms with Crippen LogP contribution in [0.4, 0.5) is 5.69 Å². The van der Waals surface area contributed by atoms with Crippen molar-refractivity contribution in [1.29, 1.82) is 0 Å². The lowest BCUT2D eigenvalue weighted by Crippen LogP contribution is -2.23. The molecule has 0 fully saturated rings. The minimum atomic E-state index is -0.560. The maximum Gasteiger partial charge on any atom is 0.337 e. The summed E-state index contributed by atoms with van der Waals surface area (Å²) in [5.41, 5.74) is 2.73. The quantitative estimate of drug-likeness (QED) is 0.572. The van der Waals surface area contributed by atoms with E-state index < -0.39 is 5.97 Å². The molecule has 0 unspecified atom stereocenters. The Labute approximate surface area is 184 Å². The van der Waals surface area contributed by atoms with Crippen molar-refractivity contribution in [2.45, 2.75) is 13.5 Å². The van der Waals surface area contributed by atoms with Crippen LogP contribution in [0.2, 0.25) is 5.02 Å². The SMILES string of the molecule is COC(=O)c1cc(CNC(=O)c2cccc(Cl)c2)cc(NC(=O)c2cc(C)nn2C)c1. The van der Waals surface area contributed by atoms with Gasteiger partial charge in [-0.15, -0.1) is 0 Å². The zero-order valence-electron chi connectivity index (χ0n) is 17.2. The molecule has 1 heterocycles. The lowest BCUT2D eigenvalue weighted by atomic mass is 10.1. The van der Waals surface area contributed by atoms with E-state index in [2.05, 4.69) is 15.7 Å². The lowest BCUT2D eigenvalue weighted by molar-refractivity contribution is 0.0600. The van der Waals surface area contributed by atoms with Crippen molar-refractivity contribution in [2.24, 2.45) is 7.05 Å². The normalized spacial score (nSPS) is 10.5. The smallest absolute Gasteiger partial charge is 0.337 e. The Kier molecular flexibility index (Phi) is 6.71. The van der Waals surface area contributed by atoms with E-state index in [1.807, 2.05) is 0 Å². The summed E-state index contributed by atoms with van der Waals surface area (Å²) in [6.07, 6.45) is 0. The number of benzene rings is 2. The van der Waals surface area contributed by atoms with Crippen LogP contribution in [0.25, 0.3) is 0 Å². The fourth-order valence-corrected chi connectivity index (χ4v) is 3.22. The molecule has 9 heteroatoms. The minimum Gasteiger partial charge on any atom is -0.465 e. The average molecular weight is 441 g/mol. The Morgan fingerprint density at radius 3 is 2.48 bits per heavy atom. The Balaban J connectivity index is 1.81. The summed E-state index contributed by atoms with van der Waals surface area (Å²) in [4.78, 5) is 37.1. The van der Waals surface area contributed by atoms with Gasteiger partial charge in [-0.3, -0.25) is 14.3 Å². The highest BCUT2D eigenvalue weighted by Gasteiger charge is 2.15. The third kappa shape index (κ3) is 5.49. The first-order valence-corrected chi connectivity index (χ1v) is 9.72. The van der Waals surface area contributed by atoms with Gasteiger partial charge >= 0.3 is 5.97 Å². The van der Waals surface area contributed by atoms with Crippen molar-refractivity contribution in [1.82, 2.24) is 15.1 Å². The lowest BCUT2D eigenvalue weighted by Gasteiger charge is -2.11. The van der Waals surface area contributed by atoms with Gasteiger partial charge in [-0.25, -0.2) is 4.79 Å². The molecule has 2 aromatic carbocycles. The predicted molar refractivity (Wildman–Crippen MR) is 116 cm³/mol. The molecule has 2 N–H and O–H groups in total. The molecule has 31 heavy (non-hydrogen) atoms. The molecule has 0 atom stereocenters. The first kappa shape index (κ1) is 22.0. The number of anilines is 1. The Hall–Kier alpha value is -3.65. The highest BCUT2D eigenvalue weighted by Crippen LogP contribution is 2.18. The van der Waals surface area contributed by atoms with Gasteiger partial charge in [0.25, 0.3) is 11.8 Å². The number of aryl methyl sites for hydroxylation is 2. The Morgan fingerprint density at radius 1 is 1.06 bits per heavy atom. The molecule has 8 nitrogen and oxygen atoms in total. The van der Waals surface area contributed by atoms with Gasteiger partial charge < -0.3 is 15.4 Å². The van der Waals surface area contributed by atoms with Crippen molar-refractivity contribution in [3.05, 3.63) is 81.6 Å². The van der Waals surface area contributed by atoms with Crippen LogP contribution in [-0.4, -0.2) is 34.7 Å². The van der Waals surface area contributed by atoms with Gasteiger partial charge in [0.15, 0.2) is 0 Å². The molecule has 1 aromatic heterocycles. The second kappa shape index (κ2) is 9.44. The second-order valence-electron chi connectivity index (χ2n) is 6.85. The molecule has 3 aromatic rings. The largest absolute Gasteiger partial charge is 0.465 e. The zero-order chi connectivity index (χ0) is 22.5. The molecular formula is C22H21ClN4O4. The molecule has 0 aliphatic carbocycles. The van der Waals surface area contributed by atoms with Crippen molar-refractivity contribution >= 4 is 35.1 Å². The van der Waals surface area contributed by atoms with E-state index >= 15 is 0 Å². The van der Waals surface area contributed by atoms with Gasteiger partial charge in [0, 0.05) is 29.9 Å². The number of hydrogen-bond acceptors (Lipinski definition) is 5. The molecule has 0 saturated heterocycles. The van der Waals surface area contributed by atoms with Gasteiger partial charge in [-0.1, -0.05) is 17.7 Å². The summed E-state index contributed by atoms with van der Waals surface area (Å²) >= 11 is 5.93. The first-order chi connectivity index (χ1) is 14.8. The summed E-state index contributed by atoms with van der Waals surface area (Å²) in [5.74, 6) is -1.25. The van der Waals surface area contributed by atoms with Gasteiger partial charge in [-0.05, 0) is 55.0 Å². The fraction of sp³-hybridized carbons (Fsp3) is 0.182. The number of nitrogens with one attached hydrogen (secondary N) is 2. The Bertz CT molecular complexity index is 1160. The third-order valence-electron chi connectivity index (χ3n) is 4.45. The number of methoxy groups -OCH3 is 1. The summed E-state index contributed by atoms with van der Waals surface area (Å²) in [6.45, 7) is 1.92. The fourth-order valence-electron chi connectivity index (χ4n) is 3.03. The summed E-state index contributed by atoms with van der Waals surface area (Å²) in [7, 11) is 2.94. The van der Waals surface area contributed by atoms with Crippen molar-refractivity contribution in [3.63, 3.8) is 0 Å². The van der Waals surface area contributed by atoms with Gasteiger partial charge in [0.05, 0.1) is 18.4 Å². The van der Waals surface area contributed by atoms with E-state index in [1.165, 1.54) is 17.9 Å². The maximum absolute atomic E-state index is 12.6. The van der Waals surface area contributed by atoms with Crippen LogP contribution in [0.1, 0.15) is 42.5 Å². The Morgan fingerprint density at radius 2 is 1.84 bits per heavy atom. The molecular weight excluding hydrogens is 420 g/mol. The number of aromatic nitrogens is 2. The number of halogens is 1. The molecule has 3 rings (SSSR count). The van der Waals surface area contributed by atoms with Crippen LogP contribution >= 0.6 is 11.6 Å². The van der Waals surface area contributed by atoms with E-state index in [1.54, 1.807) is 56.4 Å². The monoisotopic (exact) mass is 440 g/mol. The number of hydrogen-bond donors (Lipinski definition) is 2. The van der Waals surface area contributed by atoms with E-state index in [4.69, 9.17) is 16.3 Å². The number of nitrogens with zero attached hydrogens (tertiary/aromatic N) is 2. The van der Waals surface area contributed by atoms with Gasteiger partial charge in [0.1, 0.15) is 5.69 Å². The van der Waals surface area contributed by atoms with Gasteiger partial charge in [-0.2, -0.15) is 5.10 Å². The third-order valence-corrected chi connectivity index (χ3v) is 4.68. The summed E-state index contributed by atoms with van der Waals surface area (Å²) in [6, 6.07) is 13.0. The van der Waals surface area contributed by atoms with Crippen molar-refractivity contribution in [2.75, 3.05) is 12.4 Å². The molecule has 0 aliphatic heterocycles. The van der Waals surface area contributed by atoms with E-state index in [0.717, 1.165) is 0 Å². The van der Waals surface area contributed by atoms with Crippen molar-refractivity contribution < 1.29 is 19.1 Å². The van der Waals surface area contributed by atoms with E-state index in [0.29, 0.717) is 33.2 Å². The molecule has 160 valence electrons. The number of rotatable bonds is 6. The first-order valence-electron chi connectivity index (χ1n) is 9.35. The average Bonchev–Trinajstić information content (AvgIpc) is 3.09. The van der Waals surface area contributed by atoms with E-state index in [9.17, 15) is 14.4 Å². The number of carbonyl (C=O) groups excluding carboxylic acids is 3. The molecule has 0 radical (unpaired) electrons. The highest BCUT2D eigenvalue weighted by atomic mass is 35.5. The number of esters is 1. The highest BCUT2D eigenvalue weighted by molar-refractivity contribution is 6.30. The molecule has 0 aliphatic rings. The molecule has 0 spiro atoms. The number of amides is 2. The molecule has 0 saturated carbocycles. The molecule has 2 amide bonds. The van der Waals surface area contributed by atoms with Crippen molar-refractivity contribution in [3.8, 4) is 0 Å². The van der Waals surface area contributed by atoms with Gasteiger partial charge in [0.2, 0.25) is 0 Å². The standard InChI is InChI=1S/C22H21ClN4O4/c1-13-7-19(27(2)26-13)21(29)25-18-9-14(8-16(11-18)22(30)31-3)12-24-20(28)15-5-4-6-17(23)10-15/h4-11H,12H2,1-3H3,(H,24,28)(H,25,29).